The Morgan fingerprint density at radius 3 is 2.18 bits per heavy atom. The molecule has 0 spiro atoms. The van der Waals surface area contributed by atoms with Crippen molar-refractivity contribution < 1.29 is 22.8 Å². The van der Waals surface area contributed by atoms with Gasteiger partial charge in [-0.3, -0.25) is 9.59 Å². The van der Waals surface area contributed by atoms with Gasteiger partial charge in [0.05, 0.1) is 11.3 Å². The normalized spacial score (nSPS) is 14.9. The molecule has 1 aliphatic rings. The van der Waals surface area contributed by atoms with E-state index in [1.54, 1.807) is 4.90 Å². The molecule has 0 N–H and O–H groups in total. The smallest absolute Gasteiger partial charge is 0.232 e. The minimum absolute atomic E-state index is 0.0318. The number of nitrogens with zero attached hydrogens (tertiary/aromatic N) is 1. The van der Waals surface area contributed by atoms with Crippen LogP contribution in [-0.2, 0) is 4.79 Å². The SMILES string of the molecule is Cc1ccc(SCC(=O)N2CCC(C(=O)c3c(F)cc(F)cc3F)CC2)cc1. The molecule has 1 saturated heterocycles. The summed E-state index contributed by atoms with van der Waals surface area (Å²) in [6.45, 7) is 2.71. The highest BCUT2D eigenvalue weighted by Crippen LogP contribution is 2.26. The summed E-state index contributed by atoms with van der Waals surface area (Å²) < 4.78 is 40.7. The van der Waals surface area contributed by atoms with Crippen molar-refractivity contribution in [3.63, 3.8) is 0 Å². The second-order valence-electron chi connectivity index (χ2n) is 6.87. The van der Waals surface area contributed by atoms with E-state index in [0.29, 0.717) is 43.8 Å². The van der Waals surface area contributed by atoms with Crippen LogP contribution in [0.2, 0.25) is 0 Å². The van der Waals surface area contributed by atoms with Gasteiger partial charge in [0, 0.05) is 36.0 Å². The largest absolute Gasteiger partial charge is 0.342 e. The van der Waals surface area contributed by atoms with Crippen LogP contribution in [0.15, 0.2) is 41.3 Å². The second-order valence-corrected chi connectivity index (χ2v) is 7.91. The van der Waals surface area contributed by atoms with Gasteiger partial charge in [-0.25, -0.2) is 13.2 Å². The standard InChI is InChI=1S/C21H20F3NO2S/c1-13-2-4-16(5-3-13)28-12-19(26)25-8-6-14(7-9-25)21(27)20-17(23)10-15(22)11-18(20)24/h2-5,10-11,14H,6-9,12H2,1H3. The molecule has 3 rings (SSSR count). The molecule has 3 nitrogen and oxygen atoms in total. The van der Waals surface area contributed by atoms with E-state index in [1.807, 2.05) is 31.2 Å². The second kappa shape index (κ2) is 8.82. The van der Waals surface area contributed by atoms with Gasteiger partial charge in [-0.1, -0.05) is 17.7 Å². The van der Waals surface area contributed by atoms with E-state index in [4.69, 9.17) is 0 Å². The van der Waals surface area contributed by atoms with Crippen molar-refractivity contribution in [2.24, 2.45) is 5.92 Å². The molecule has 1 aliphatic heterocycles. The summed E-state index contributed by atoms with van der Waals surface area (Å²) in [6.07, 6.45) is 0.659. The van der Waals surface area contributed by atoms with Crippen LogP contribution < -0.4 is 0 Å². The Labute approximate surface area is 165 Å². The topological polar surface area (TPSA) is 37.4 Å². The number of carbonyl (C=O) groups is 2. The Bertz CT molecular complexity index is 855. The minimum Gasteiger partial charge on any atom is -0.342 e. The number of halogens is 3. The number of amides is 1. The van der Waals surface area contributed by atoms with Crippen molar-refractivity contribution in [1.29, 1.82) is 0 Å². The van der Waals surface area contributed by atoms with E-state index in [9.17, 15) is 22.8 Å². The number of carbonyl (C=O) groups excluding carboxylic acids is 2. The van der Waals surface area contributed by atoms with E-state index >= 15 is 0 Å². The molecule has 0 saturated carbocycles. The van der Waals surface area contributed by atoms with Crippen LogP contribution in [0.1, 0.15) is 28.8 Å². The molecule has 2 aromatic carbocycles. The number of piperidine rings is 1. The summed E-state index contributed by atoms with van der Waals surface area (Å²) in [4.78, 5) is 27.5. The van der Waals surface area contributed by atoms with Gasteiger partial charge in [0.2, 0.25) is 5.91 Å². The third-order valence-corrected chi connectivity index (χ3v) is 5.85. The average molecular weight is 407 g/mol. The highest BCUT2D eigenvalue weighted by Gasteiger charge is 2.31. The molecular weight excluding hydrogens is 387 g/mol. The Balaban J connectivity index is 1.54. The molecule has 1 amide bonds. The summed E-state index contributed by atoms with van der Waals surface area (Å²) in [7, 11) is 0. The quantitative estimate of drug-likeness (QED) is 0.536. The lowest BCUT2D eigenvalue weighted by molar-refractivity contribution is -0.129. The molecule has 1 heterocycles. The first-order chi connectivity index (χ1) is 13.3. The van der Waals surface area contributed by atoms with Crippen molar-refractivity contribution in [3.05, 3.63) is 65.0 Å². The summed E-state index contributed by atoms with van der Waals surface area (Å²) >= 11 is 1.45. The maximum atomic E-state index is 13.8. The molecule has 28 heavy (non-hydrogen) atoms. The van der Waals surface area contributed by atoms with Gasteiger partial charge < -0.3 is 4.90 Å². The zero-order valence-corrected chi connectivity index (χ0v) is 16.2. The van der Waals surface area contributed by atoms with E-state index in [-0.39, 0.29) is 5.91 Å². The number of Topliss-reactive ketones (excluding diaryl/α,β-unsaturated/α-hetero) is 1. The van der Waals surface area contributed by atoms with Crippen LogP contribution in [0.4, 0.5) is 13.2 Å². The highest BCUT2D eigenvalue weighted by molar-refractivity contribution is 8.00. The average Bonchev–Trinajstić information content (AvgIpc) is 2.66. The summed E-state index contributed by atoms with van der Waals surface area (Å²) in [5, 5.41) is 0. The fourth-order valence-corrected chi connectivity index (χ4v) is 4.04. The van der Waals surface area contributed by atoms with Gasteiger partial charge in [0.1, 0.15) is 17.5 Å². The molecular formula is C21H20F3NO2S. The first-order valence-corrected chi connectivity index (χ1v) is 9.99. The lowest BCUT2D eigenvalue weighted by atomic mass is 9.88. The summed E-state index contributed by atoms with van der Waals surface area (Å²) in [6, 6.07) is 8.91. The maximum absolute atomic E-state index is 13.8. The van der Waals surface area contributed by atoms with Gasteiger partial charge in [-0.2, -0.15) is 0 Å². The summed E-state index contributed by atoms with van der Waals surface area (Å²) in [5.74, 6) is -4.41. The summed E-state index contributed by atoms with van der Waals surface area (Å²) in [5.41, 5.74) is 0.456. The lowest BCUT2D eigenvalue weighted by Crippen LogP contribution is -2.41. The highest BCUT2D eigenvalue weighted by atomic mass is 32.2. The number of hydrogen-bond donors (Lipinski definition) is 0. The molecule has 7 heteroatoms. The minimum atomic E-state index is -1.18. The van der Waals surface area contributed by atoms with Crippen LogP contribution >= 0.6 is 11.8 Å². The van der Waals surface area contributed by atoms with Crippen LogP contribution in [0.25, 0.3) is 0 Å². The first-order valence-electron chi connectivity index (χ1n) is 9.01. The Morgan fingerprint density at radius 2 is 1.61 bits per heavy atom. The number of rotatable bonds is 5. The number of thioether (sulfide) groups is 1. The Morgan fingerprint density at radius 1 is 1.04 bits per heavy atom. The maximum Gasteiger partial charge on any atom is 0.232 e. The Kier molecular flexibility index (Phi) is 6.44. The third-order valence-electron chi connectivity index (χ3n) is 4.86. The zero-order chi connectivity index (χ0) is 20.3. The predicted molar refractivity (Wildman–Crippen MR) is 102 cm³/mol. The lowest BCUT2D eigenvalue weighted by Gasteiger charge is -2.31. The number of hydrogen-bond acceptors (Lipinski definition) is 3. The number of aryl methyl sites for hydroxylation is 1. The molecule has 1 fully saturated rings. The van der Waals surface area contributed by atoms with Crippen LogP contribution in [0, 0.1) is 30.3 Å². The van der Waals surface area contributed by atoms with Crippen molar-refractivity contribution in [3.8, 4) is 0 Å². The van der Waals surface area contributed by atoms with Crippen LogP contribution in [0.5, 0.6) is 0 Å². The van der Waals surface area contributed by atoms with Gasteiger partial charge in [-0.05, 0) is 31.9 Å². The van der Waals surface area contributed by atoms with Crippen molar-refractivity contribution >= 4 is 23.5 Å². The predicted octanol–water partition coefficient (Wildman–Crippen LogP) is 4.63. The van der Waals surface area contributed by atoms with E-state index in [1.165, 1.54) is 11.8 Å². The van der Waals surface area contributed by atoms with E-state index in [0.717, 1.165) is 10.5 Å². The molecule has 0 unspecified atom stereocenters. The molecule has 0 radical (unpaired) electrons. The van der Waals surface area contributed by atoms with Crippen LogP contribution in [0.3, 0.4) is 0 Å². The molecule has 0 bridgehead atoms. The third kappa shape index (κ3) is 4.76. The molecule has 0 aromatic heterocycles. The van der Waals surface area contributed by atoms with Crippen LogP contribution in [-0.4, -0.2) is 35.4 Å². The van der Waals surface area contributed by atoms with Crippen molar-refractivity contribution in [2.45, 2.75) is 24.7 Å². The first kappa shape index (κ1) is 20.5. The van der Waals surface area contributed by atoms with E-state index < -0.39 is 34.7 Å². The van der Waals surface area contributed by atoms with Gasteiger partial charge in [-0.15, -0.1) is 11.8 Å². The number of ketones is 1. The van der Waals surface area contributed by atoms with Gasteiger partial charge in [0.25, 0.3) is 0 Å². The fraction of sp³-hybridized carbons (Fsp3) is 0.333. The molecule has 148 valence electrons. The number of likely N-dealkylation sites (tertiary alicyclic amines) is 1. The van der Waals surface area contributed by atoms with E-state index in [2.05, 4.69) is 0 Å². The van der Waals surface area contributed by atoms with Crippen molar-refractivity contribution in [1.82, 2.24) is 4.90 Å². The zero-order valence-electron chi connectivity index (χ0n) is 15.4. The van der Waals surface area contributed by atoms with Gasteiger partial charge in [0.15, 0.2) is 5.78 Å². The van der Waals surface area contributed by atoms with Crippen molar-refractivity contribution in [2.75, 3.05) is 18.8 Å². The fourth-order valence-electron chi connectivity index (χ4n) is 3.24. The molecule has 2 aromatic rings. The van der Waals surface area contributed by atoms with Gasteiger partial charge >= 0.3 is 0 Å². The number of benzene rings is 2. The molecule has 0 atom stereocenters. The molecule has 0 aliphatic carbocycles. The monoisotopic (exact) mass is 407 g/mol. The Hall–Kier alpha value is -2.28.